The van der Waals surface area contributed by atoms with E-state index in [1.807, 2.05) is 0 Å². The topological polar surface area (TPSA) is 12.0 Å². The molecule has 2 atom stereocenters. The number of aryl methyl sites for hydroxylation is 2. The highest BCUT2D eigenvalue weighted by atomic mass is 14.9. The van der Waals surface area contributed by atoms with Crippen LogP contribution in [0.4, 0.5) is 0 Å². The lowest BCUT2D eigenvalue weighted by atomic mass is 9.81. The second kappa shape index (κ2) is 7.98. The molecule has 0 spiro atoms. The van der Waals surface area contributed by atoms with E-state index >= 15 is 0 Å². The van der Waals surface area contributed by atoms with Crippen LogP contribution in [0.2, 0.25) is 0 Å². The van der Waals surface area contributed by atoms with Crippen LogP contribution in [0.1, 0.15) is 76.6 Å². The Morgan fingerprint density at radius 1 is 1.14 bits per heavy atom. The Morgan fingerprint density at radius 2 is 1.81 bits per heavy atom. The first kappa shape index (κ1) is 18.2. The number of rotatable bonds is 7. The quantitative estimate of drug-likeness (QED) is 0.668. The smallest absolute Gasteiger partial charge is 0.0325 e. The Morgan fingerprint density at radius 3 is 2.38 bits per heavy atom. The maximum absolute atomic E-state index is 3.77. The first-order chi connectivity index (χ1) is 9.73. The lowest BCUT2D eigenvalue weighted by Gasteiger charge is -2.28. The van der Waals surface area contributed by atoms with Crippen LogP contribution in [0.25, 0.3) is 0 Å². The van der Waals surface area contributed by atoms with Gasteiger partial charge in [0.25, 0.3) is 0 Å². The normalized spacial score (nSPS) is 15.0. The fourth-order valence-corrected chi connectivity index (χ4v) is 3.31. The average molecular weight is 290 g/mol. The predicted molar refractivity (Wildman–Crippen MR) is 94.8 cm³/mol. The minimum absolute atomic E-state index is 0.413. The number of nitrogens with one attached hydrogen (secondary N) is 1. The molecule has 0 aromatic heterocycles. The van der Waals surface area contributed by atoms with E-state index in [0.29, 0.717) is 11.5 Å². The standard InChI is InChI=1S/C20H35N/c1-8-11-21-19(13-16(3)14-20(5,6)7)18-12-15(2)9-10-17(18)4/h9-10,12,16,19,21H,8,11,13-14H2,1-7H3. The van der Waals surface area contributed by atoms with E-state index in [9.17, 15) is 0 Å². The molecule has 0 saturated carbocycles. The van der Waals surface area contributed by atoms with Crippen molar-refractivity contribution in [2.45, 2.75) is 73.8 Å². The van der Waals surface area contributed by atoms with E-state index in [4.69, 9.17) is 0 Å². The van der Waals surface area contributed by atoms with E-state index < -0.39 is 0 Å². The minimum atomic E-state index is 0.413. The summed E-state index contributed by atoms with van der Waals surface area (Å²) in [6.07, 6.45) is 3.69. The van der Waals surface area contributed by atoms with Crippen LogP contribution in [-0.4, -0.2) is 6.54 Å². The molecular formula is C20H35N. The first-order valence-electron chi connectivity index (χ1n) is 8.53. The Kier molecular flexibility index (Phi) is 6.93. The van der Waals surface area contributed by atoms with Crippen molar-refractivity contribution in [3.05, 3.63) is 34.9 Å². The van der Waals surface area contributed by atoms with Crippen molar-refractivity contribution in [3.8, 4) is 0 Å². The van der Waals surface area contributed by atoms with Crippen LogP contribution < -0.4 is 5.32 Å². The summed E-state index contributed by atoms with van der Waals surface area (Å²) in [5.41, 5.74) is 4.68. The molecule has 1 N–H and O–H groups in total. The third-order valence-electron chi connectivity index (χ3n) is 4.05. The van der Waals surface area contributed by atoms with Crippen LogP contribution in [0.3, 0.4) is 0 Å². The Balaban J connectivity index is 2.87. The number of hydrogen-bond acceptors (Lipinski definition) is 1. The van der Waals surface area contributed by atoms with Crippen molar-refractivity contribution in [1.29, 1.82) is 0 Å². The molecule has 0 aliphatic carbocycles. The molecule has 1 rings (SSSR count). The monoisotopic (exact) mass is 289 g/mol. The van der Waals surface area contributed by atoms with E-state index in [1.165, 1.54) is 36.0 Å². The van der Waals surface area contributed by atoms with Crippen molar-refractivity contribution in [2.75, 3.05) is 6.54 Å². The van der Waals surface area contributed by atoms with Crippen molar-refractivity contribution in [1.82, 2.24) is 5.32 Å². The molecular weight excluding hydrogens is 254 g/mol. The van der Waals surface area contributed by atoms with Crippen LogP contribution in [0.15, 0.2) is 18.2 Å². The molecule has 1 nitrogen and oxygen atoms in total. The van der Waals surface area contributed by atoms with Gasteiger partial charge in [0.2, 0.25) is 0 Å². The zero-order chi connectivity index (χ0) is 16.0. The SMILES string of the molecule is CCCNC(CC(C)CC(C)(C)C)c1cc(C)ccc1C. The van der Waals surface area contributed by atoms with Gasteiger partial charge in [-0.25, -0.2) is 0 Å². The van der Waals surface area contributed by atoms with Gasteiger partial charge in [0, 0.05) is 6.04 Å². The van der Waals surface area contributed by atoms with Gasteiger partial charge in [-0.3, -0.25) is 0 Å². The second-order valence-corrected chi connectivity index (χ2v) is 7.97. The highest BCUT2D eigenvalue weighted by Gasteiger charge is 2.21. The summed E-state index contributed by atoms with van der Waals surface area (Å²) in [4.78, 5) is 0. The third-order valence-corrected chi connectivity index (χ3v) is 4.05. The summed E-state index contributed by atoms with van der Waals surface area (Å²) >= 11 is 0. The van der Waals surface area contributed by atoms with E-state index in [1.54, 1.807) is 0 Å². The molecule has 0 aliphatic heterocycles. The summed E-state index contributed by atoms with van der Waals surface area (Å²) in [5.74, 6) is 0.735. The van der Waals surface area contributed by atoms with Crippen LogP contribution >= 0.6 is 0 Å². The molecule has 120 valence electrons. The van der Waals surface area contributed by atoms with Gasteiger partial charge in [-0.2, -0.15) is 0 Å². The molecule has 0 heterocycles. The maximum Gasteiger partial charge on any atom is 0.0325 e. The van der Waals surface area contributed by atoms with Crippen molar-refractivity contribution in [3.63, 3.8) is 0 Å². The van der Waals surface area contributed by atoms with Crippen molar-refractivity contribution in [2.24, 2.45) is 11.3 Å². The molecule has 0 aliphatic rings. The lowest BCUT2D eigenvalue weighted by molar-refractivity contribution is 0.275. The Hall–Kier alpha value is -0.820. The predicted octanol–water partition coefficient (Wildman–Crippen LogP) is 5.81. The number of benzene rings is 1. The fourth-order valence-electron chi connectivity index (χ4n) is 3.31. The van der Waals surface area contributed by atoms with Gasteiger partial charge >= 0.3 is 0 Å². The molecule has 0 amide bonds. The van der Waals surface area contributed by atoms with E-state index in [-0.39, 0.29) is 0 Å². The van der Waals surface area contributed by atoms with E-state index in [2.05, 4.69) is 72.0 Å². The van der Waals surface area contributed by atoms with Gasteiger partial charge in [0.15, 0.2) is 0 Å². The summed E-state index contributed by atoms with van der Waals surface area (Å²) in [6, 6.07) is 7.34. The third kappa shape index (κ3) is 6.65. The zero-order valence-corrected chi connectivity index (χ0v) is 15.2. The zero-order valence-electron chi connectivity index (χ0n) is 15.2. The largest absolute Gasteiger partial charge is 0.310 e. The van der Waals surface area contributed by atoms with Gasteiger partial charge in [0.05, 0.1) is 0 Å². The van der Waals surface area contributed by atoms with Crippen LogP contribution in [0.5, 0.6) is 0 Å². The summed E-state index contributed by atoms with van der Waals surface area (Å²) in [6.45, 7) is 17.2. The molecule has 21 heavy (non-hydrogen) atoms. The molecule has 0 saturated heterocycles. The highest BCUT2D eigenvalue weighted by molar-refractivity contribution is 5.33. The lowest BCUT2D eigenvalue weighted by Crippen LogP contribution is -2.26. The minimum Gasteiger partial charge on any atom is -0.310 e. The highest BCUT2D eigenvalue weighted by Crippen LogP contribution is 2.31. The van der Waals surface area contributed by atoms with Crippen molar-refractivity contribution >= 4 is 0 Å². The van der Waals surface area contributed by atoms with Crippen molar-refractivity contribution < 1.29 is 0 Å². The van der Waals surface area contributed by atoms with Gasteiger partial charge < -0.3 is 5.32 Å². The maximum atomic E-state index is 3.77. The number of hydrogen-bond donors (Lipinski definition) is 1. The summed E-state index contributed by atoms with van der Waals surface area (Å²) in [7, 11) is 0. The molecule has 1 aromatic carbocycles. The van der Waals surface area contributed by atoms with Gasteiger partial charge in [0.1, 0.15) is 0 Å². The molecule has 0 bridgehead atoms. The molecule has 0 fully saturated rings. The van der Waals surface area contributed by atoms with Crippen LogP contribution in [0, 0.1) is 25.2 Å². The summed E-state index contributed by atoms with van der Waals surface area (Å²) in [5, 5.41) is 3.77. The Bertz CT molecular complexity index is 428. The fraction of sp³-hybridized carbons (Fsp3) is 0.700. The average Bonchev–Trinajstić information content (AvgIpc) is 2.35. The van der Waals surface area contributed by atoms with E-state index in [0.717, 1.165) is 12.5 Å². The first-order valence-corrected chi connectivity index (χ1v) is 8.53. The van der Waals surface area contributed by atoms with Gasteiger partial charge in [-0.15, -0.1) is 0 Å². The molecule has 1 aromatic rings. The Labute approximate surface area is 132 Å². The van der Waals surface area contributed by atoms with Crippen LogP contribution in [-0.2, 0) is 0 Å². The molecule has 2 unspecified atom stereocenters. The van der Waals surface area contributed by atoms with Gasteiger partial charge in [-0.1, -0.05) is 58.4 Å². The molecule has 0 radical (unpaired) electrons. The molecule has 1 heteroatoms. The van der Waals surface area contributed by atoms with Gasteiger partial charge in [-0.05, 0) is 62.1 Å². The second-order valence-electron chi connectivity index (χ2n) is 7.97. The summed E-state index contributed by atoms with van der Waals surface area (Å²) < 4.78 is 0.